The number of hydrogen-bond acceptors (Lipinski definition) is 11. The van der Waals surface area contributed by atoms with E-state index in [-0.39, 0.29) is 19.4 Å². The Balaban J connectivity index is 2.50. The van der Waals surface area contributed by atoms with Gasteiger partial charge in [-0.1, -0.05) is 120 Å². The quantitative estimate of drug-likeness (QED) is 0.0213. The number of hydrogen-bond donors (Lipinski definition) is 4. The average Bonchev–Trinajstić information content (AvgIpc) is 3.16. The average molecular weight is 815 g/mol. The first-order chi connectivity index (χ1) is 27.0. The number of carbonyl (C=O) groups is 2. The molecular formula is C43H74O12S. The fraction of sp³-hybridized carbons (Fsp3) is 0.767. The Bertz CT molecular complexity index is 1230. The van der Waals surface area contributed by atoms with Gasteiger partial charge in [-0.25, -0.2) is 0 Å². The number of rotatable bonds is 34. The molecule has 6 unspecified atom stereocenters. The maximum absolute atomic E-state index is 12.8. The minimum Gasteiger partial charge on any atom is -0.462 e. The first-order valence-corrected chi connectivity index (χ1v) is 22.8. The Labute approximate surface area is 337 Å². The third-order valence-electron chi connectivity index (χ3n) is 9.39. The Kier molecular flexibility index (Phi) is 30.9. The molecule has 0 aromatic carbocycles. The summed E-state index contributed by atoms with van der Waals surface area (Å²) in [7, 11) is -4.60. The lowest BCUT2D eigenvalue weighted by molar-refractivity contribution is -0.297. The van der Waals surface area contributed by atoms with Gasteiger partial charge in [-0.05, 0) is 70.6 Å². The summed E-state index contributed by atoms with van der Waals surface area (Å²) in [5, 5.41) is 30.8. The fourth-order valence-corrected chi connectivity index (χ4v) is 6.79. The third-order valence-corrected chi connectivity index (χ3v) is 10.1. The molecule has 0 saturated carbocycles. The molecule has 56 heavy (non-hydrogen) atoms. The SMILES string of the molecule is CC/C=C\C/C=C\C/C=C\CCCCCCCC(=O)OC(COC(=O)CCCCCCC/C=C\CCCCCC)COC1OC(CS(=O)(=O)O)C(O)C(O)C1O. The maximum Gasteiger partial charge on any atom is 0.306 e. The van der Waals surface area contributed by atoms with E-state index in [0.29, 0.717) is 12.8 Å². The number of aliphatic hydroxyl groups is 3. The molecule has 0 aromatic heterocycles. The predicted molar refractivity (Wildman–Crippen MR) is 219 cm³/mol. The van der Waals surface area contributed by atoms with Gasteiger partial charge in [-0.15, -0.1) is 0 Å². The van der Waals surface area contributed by atoms with Crippen LogP contribution in [0.25, 0.3) is 0 Å². The monoisotopic (exact) mass is 814 g/mol. The van der Waals surface area contributed by atoms with Gasteiger partial charge in [0.1, 0.15) is 36.8 Å². The summed E-state index contributed by atoms with van der Waals surface area (Å²) in [5.41, 5.74) is 0. The summed E-state index contributed by atoms with van der Waals surface area (Å²) in [5.74, 6) is -2.02. The second kappa shape index (κ2) is 33.6. The van der Waals surface area contributed by atoms with Crippen molar-refractivity contribution in [2.45, 2.75) is 192 Å². The number of esters is 2. The molecule has 1 aliphatic heterocycles. The van der Waals surface area contributed by atoms with Crippen LogP contribution >= 0.6 is 0 Å². The Morgan fingerprint density at radius 3 is 1.70 bits per heavy atom. The van der Waals surface area contributed by atoms with Crippen molar-refractivity contribution in [1.29, 1.82) is 0 Å². The molecule has 1 saturated heterocycles. The van der Waals surface area contributed by atoms with Gasteiger partial charge in [0.05, 0.1) is 6.61 Å². The molecular weight excluding hydrogens is 741 g/mol. The van der Waals surface area contributed by atoms with Gasteiger partial charge in [0.2, 0.25) is 0 Å². The molecule has 0 spiro atoms. The molecule has 0 amide bonds. The fourth-order valence-electron chi connectivity index (χ4n) is 6.10. The summed E-state index contributed by atoms with van der Waals surface area (Å²) in [6, 6.07) is 0. The van der Waals surface area contributed by atoms with Crippen molar-refractivity contribution in [3.8, 4) is 0 Å². The van der Waals surface area contributed by atoms with Crippen molar-refractivity contribution in [3.05, 3.63) is 48.6 Å². The van der Waals surface area contributed by atoms with E-state index in [4.69, 9.17) is 18.9 Å². The van der Waals surface area contributed by atoms with E-state index in [2.05, 4.69) is 62.5 Å². The highest BCUT2D eigenvalue weighted by molar-refractivity contribution is 7.85. The molecule has 0 radical (unpaired) electrons. The standard InChI is InChI=1S/C43H74O12S/c1-3-5-7-9-11-13-15-17-18-20-22-24-26-28-30-32-39(45)54-36(34-53-43-42(48)41(47)40(46)37(55-43)35-56(49,50)51)33-52-38(44)31-29-27-25-23-21-19-16-14-12-10-8-6-4-2/h5,7,11,13-14,16-18,36-37,40-43,46-48H,3-4,6,8-10,12,15,19-35H2,1-2H3,(H,49,50,51)/b7-5-,13-11-,16-14-,18-17-. The van der Waals surface area contributed by atoms with Gasteiger partial charge in [-0.2, -0.15) is 8.42 Å². The molecule has 1 fully saturated rings. The smallest absolute Gasteiger partial charge is 0.306 e. The van der Waals surface area contributed by atoms with Crippen molar-refractivity contribution in [1.82, 2.24) is 0 Å². The van der Waals surface area contributed by atoms with Gasteiger partial charge >= 0.3 is 11.9 Å². The van der Waals surface area contributed by atoms with Crippen LogP contribution < -0.4 is 0 Å². The molecule has 4 N–H and O–H groups in total. The van der Waals surface area contributed by atoms with Gasteiger partial charge in [-0.3, -0.25) is 14.1 Å². The molecule has 0 aliphatic carbocycles. The zero-order valence-corrected chi connectivity index (χ0v) is 35.0. The summed E-state index contributed by atoms with van der Waals surface area (Å²) < 4.78 is 53.9. The normalized spacial score (nSPS) is 21.1. The molecule has 13 heteroatoms. The van der Waals surface area contributed by atoms with Crippen molar-refractivity contribution >= 4 is 22.1 Å². The van der Waals surface area contributed by atoms with Crippen molar-refractivity contribution < 1.29 is 56.8 Å². The van der Waals surface area contributed by atoms with Crippen LogP contribution in [0.5, 0.6) is 0 Å². The van der Waals surface area contributed by atoms with Crippen LogP contribution in [0.15, 0.2) is 48.6 Å². The van der Waals surface area contributed by atoms with Gasteiger partial charge in [0.25, 0.3) is 10.1 Å². The minimum atomic E-state index is -4.60. The first kappa shape index (κ1) is 51.6. The van der Waals surface area contributed by atoms with E-state index >= 15 is 0 Å². The van der Waals surface area contributed by atoms with Crippen molar-refractivity contribution in [3.63, 3.8) is 0 Å². The molecule has 6 atom stereocenters. The second-order valence-electron chi connectivity index (χ2n) is 14.6. The Morgan fingerprint density at radius 1 is 0.625 bits per heavy atom. The highest BCUT2D eigenvalue weighted by atomic mass is 32.2. The molecule has 0 aromatic rings. The van der Waals surface area contributed by atoms with Crippen LogP contribution in [0.4, 0.5) is 0 Å². The van der Waals surface area contributed by atoms with E-state index in [0.717, 1.165) is 89.9 Å². The Hall–Kier alpha value is -2.39. The van der Waals surface area contributed by atoms with Gasteiger partial charge < -0.3 is 34.3 Å². The topological polar surface area (TPSA) is 186 Å². The zero-order valence-electron chi connectivity index (χ0n) is 34.2. The van der Waals surface area contributed by atoms with Crippen LogP contribution in [-0.2, 0) is 38.7 Å². The highest BCUT2D eigenvalue weighted by Crippen LogP contribution is 2.24. The number of unbranched alkanes of at least 4 members (excludes halogenated alkanes) is 14. The lowest BCUT2D eigenvalue weighted by Crippen LogP contribution is -2.60. The minimum absolute atomic E-state index is 0.142. The van der Waals surface area contributed by atoms with Crippen LogP contribution in [-0.4, -0.2) is 96.0 Å². The maximum atomic E-state index is 12.8. The van der Waals surface area contributed by atoms with Crippen LogP contribution in [0.3, 0.4) is 0 Å². The molecule has 1 heterocycles. The van der Waals surface area contributed by atoms with E-state index in [9.17, 15) is 37.9 Å². The van der Waals surface area contributed by atoms with Gasteiger partial charge in [0.15, 0.2) is 12.4 Å². The number of ether oxygens (including phenoxy) is 4. The molecule has 324 valence electrons. The number of aliphatic hydroxyl groups excluding tert-OH is 3. The molecule has 0 bridgehead atoms. The van der Waals surface area contributed by atoms with Crippen LogP contribution in [0.2, 0.25) is 0 Å². The highest BCUT2D eigenvalue weighted by Gasteiger charge is 2.46. The predicted octanol–water partition coefficient (Wildman–Crippen LogP) is 8.00. The van der Waals surface area contributed by atoms with E-state index < -0.39 is 71.2 Å². The van der Waals surface area contributed by atoms with Crippen LogP contribution in [0.1, 0.15) is 155 Å². The molecule has 1 rings (SSSR count). The lowest BCUT2D eigenvalue weighted by atomic mass is 10.00. The van der Waals surface area contributed by atoms with Gasteiger partial charge in [0, 0.05) is 12.8 Å². The van der Waals surface area contributed by atoms with E-state index in [1.54, 1.807) is 0 Å². The van der Waals surface area contributed by atoms with Crippen LogP contribution in [0, 0.1) is 0 Å². The van der Waals surface area contributed by atoms with Crippen molar-refractivity contribution in [2.75, 3.05) is 19.0 Å². The summed E-state index contributed by atoms with van der Waals surface area (Å²) in [6.07, 6.45) is 28.7. The Morgan fingerprint density at radius 2 is 1.12 bits per heavy atom. The summed E-state index contributed by atoms with van der Waals surface area (Å²) in [4.78, 5) is 25.3. The van der Waals surface area contributed by atoms with E-state index in [1.807, 2.05) is 0 Å². The van der Waals surface area contributed by atoms with Crippen molar-refractivity contribution in [2.24, 2.45) is 0 Å². The summed E-state index contributed by atoms with van der Waals surface area (Å²) in [6.45, 7) is 3.59. The number of carbonyl (C=O) groups excluding carboxylic acids is 2. The molecule has 12 nitrogen and oxygen atoms in total. The second-order valence-corrected chi connectivity index (χ2v) is 16.1. The zero-order chi connectivity index (χ0) is 41.3. The lowest BCUT2D eigenvalue weighted by Gasteiger charge is -2.40. The van der Waals surface area contributed by atoms with E-state index in [1.165, 1.54) is 25.7 Å². The first-order valence-electron chi connectivity index (χ1n) is 21.2. The largest absolute Gasteiger partial charge is 0.462 e. The number of allylic oxidation sites excluding steroid dienone is 8. The molecule has 1 aliphatic rings. The summed E-state index contributed by atoms with van der Waals surface area (Å²) >= 11 is 0. The third kappa shape index (κ3) is 28.1.